The molecule has 0 aliphatic carbocycles. The third kappa shape index (κ3) is 2.39. The van der Waals surface area contributed by atoms with Crippen LogP contribution in [0.25, 0.3) is 5.69 Å². The van der Waals surface area contributed by atoms with E-state index in [1.54, 1.807) is 10.8 Å². The van der Waals surface area contributed by atoms with Crippen LogP contribution in [0.1, 0.15) is 33.0 Å². The maximum Gasteiger partial charge on any atom is 0.356 e. The molecule has 0 atom stereocenters. The summed E-state index contributed by atoms with van der Waals surface area (Å²) in [6, 6.07) is 11.1. The van der Waals surface area contributed by atoms with E-state index in [1.807, 2.05) is 36.4 Å². The average Bonchev–Trinajstić information content (AvgIpc) is 3.00. The van der Waals surface area contributed by atoms with Crippen molar-refractivity contribution in [1.29, 1.82) is 0 Å². The van der Waals surface area contributed by atoms with E-state index in [2.05, 4.69) is 20.9 Å². The van der Waals surface area contributed by atoms with E-state index in [-0.39, 0.29) is 12.2 Å². The predicted octanol–water partition coefficient (Wildman–Crippen LogP) is 2.30. The normalized spacial score (nSPS) is 12.4. The topological polar surface area (TPSA) is 80.4 Å². The van der Waals surface area contributed by atoms with E-state index in [4.69, 9.17) is 6.42 Å². The zero-order valence-electron chi connectivity index (χ0n) is 13.0. The van der Waals surface area contributed by atoms with Gasteiger partial charge in [-0.2, -0.15) is 0 Å². The van der Waals surface area contributed by atoms with E-state index >= 15 is 0 Å². The fourth-order valence-corrected chi connectivity index (χ4v) is 2.90. The lowest BCUT2D eigenvalue weighted by Gasteiger charge is -2.11. The average molecular weight is 328 g/mol. The molecule has 6 nitrogen and oxygen atoms in total. The Morgan fingerprint density at radius 2 is 2.12 bits per heavy atom. The first-order valence-corrected chi connectivity index (χ1v) is 7.56. The van der Waals surface area contributed by atoms with E-state index in [9.17, 15) is 9.90 Å². The lowest BCUT2D eigenvalue weighted by molar-refractivity contribution is 0.0689. The van der Waals surface area contributed by atoms with Gasteiger partial charge in [0, 0.05) is 17.3 Å². The third-order valence-corrected chi connectivity index (χ3v) is 4.04. The van der Waals surface area contributed by atoms with Crippen molar-refractivity contribution in [2.45, 2.75) is 6.54 Å². The zero-order chi connectivity index (χ0) is 17.4. The van der Waals surface area contributed by atoms with Crippen LogP contribution in [-0.2, 0) is 6.54 Å². The van der Waals surface area contributed by atoms with Crippen molar-refractivity contribution in [3.63, 3.8) is 0 Å². The largest absolute Gasteiger partial charge is 0.476 e. The molecule has 4 rings (SSSR count). The van der Waals surface area contributed by atoms with Crippen LogP contribution in [0.4, 0.5) is 0 Å². The van der Waals surface area contributed by atoms with Gasteiger partial charge < -0.3 is 5.11 Å². The first-order chi connectivity index (χ1) is 12.2. The molecule has 1 aromatic carbocycles. The molecule has 0 unspecified atom stereocenters. The van der Waals surface area contributed by atoms with Crippen molar-refractivity contribution in [2.75, 3.05) is 0 Å². The second kappa shape index (κ2) is 5.73. The predicted molar refractivity (Wildman–Crippen MR) is 92.0 cm³/mol. The molecule has 0 saturated heterocycles. The molecule has 0 fully saturated rings. The summed E-state index contributed by atoms with van der Waals surface area (Å²) in [4.78, 5) is 24.5. The highest BCUT2D eigenvalue weighted by molar-refractivity contribution is 6.14. The molecule has 2 aromatic heterocycles. The highest BCUT2D eigenvalue weighted by Crippen LogP contribution is 2.27. The van der Waals surface area contributed by atoms with Gasteiger partial charge in [-0.3, -0.25) is 14.5 Å². The molecule has 0 bridgehead atoms. The number of nitrogens with zero attached hydrogens (tertiary/aromatic N) is 4. The second-order valence-corrected chi connectivity index (χ2v) is 5.47. The first-order valence-electron chi connectivity index (χ1n) is 7.56. The number of rotatable bonds is 2. The van der Waals surface area contributed by atoms with Crippen molar-refractivity contribution >= 4 is 11.7 Å². The Balaban J connectivity index is 2.01. The minimum atomic E-state index is -1.08. The van der Waals surface area contributed by atoms with Crippen LogP contribution in [0, 0.1) is 12.3 Å². The molecular formula is C19H12N4O2. The summed E-state index contributed by atoms with van der Waals surface area (Å²) in [5, 5.41) is 9.37. The van der Waals surface area contributed by atoms with Crippen LogP contribution in [-0.4, -0.2) is 31.3 Å². The molecule has 120 valence electrons. The first kappa shape index (κ1) is 14.8. The van der Waals surface area contributed by atoms with Gasteiger partial charge in [0.2, 0.25) is 0 Å². The summed E-state index contributed by atoms with van der Waals surface area (Å²) in [6.45, 7) is 0.188. The smallest absolute Gasteiger partial charge is 0.356 e. The van der Waals surface area contributed by atoms with Crippen LogP contribution in [0.15, 0.2) is 53.9 Å². The number of aromatic nitrogens is 3. The lowest BCUT2D eigenvalue weighted by atomic mass is 10.0. The number of pyridine rings is 1. The van der Waals surface area contributed by atoms with E-state index in [0.29, 0.717) is 22.7 Å². The Morgan fingerprint density at radius 1 is 1.24 bits per heavy atom. The van der Waals surface area contributed by atoms with Gasteiger partial charge in [0.15, 0.2) is 5.69 Å². The molecule has 1 aliphatic rings. The van der Waals surface area contributed by atoms with Crippen LogP contribution >= 0.6 is 0 Å². The number of hydrogen-bond acceptors (Lipinski definition) is 4. The minimum Gasteiger partial charge on any atom is -0.476 e. The van der Waals surface area contributed by atoms with Gasteiger partial charge in [0.05, 0.1) is 29.3 Å². The molecule has 3 aromatic rings. The van der Waals surface area contributed by atoms with Gasteiger partial charge >= 0.3 is 5.97 Å². The Bertz CT molecular complexity index is 1060. The summed E-state index contributed by atoms with van der Waals surface area (Å²) in [5.41, 5.74) is 4.18. The quantitative estimate of drug-likeness (QED) is 0.732. The van der Waals surface area contributed by atoms with Crippen molar-refractivity contribution in [3.8, 4) is 18.0 Å². The molecule has 0 saturated carbocycles. The summed E-state index contributed by atoms with van der Waals surface area (Å²) in [6.07, 6.45) is 8.74. The SMILES string of the molecule is C#Cc1ccc2c(c1)C(c1ccccn1)=NCc1c(C(=O)O)ncn1-2. The van der Waals surface area contributed by atoms with Crippen LogP contribution < -0.4 is 0 Å². The number of terminal acetylenes is 1. The number of hydrogen-bond donors (Lipinski definition) is 1. The molecule has 1 N–H and O–H groups in total. The van der Waals surface area contributed by atoms with Gasteiger partial charge in [-0.1, -0.05) is 12.0 Å². The van der Waals surface area contributed by atoms with E-state index in [0.717, 1.165) is 11.3 Å². The number of carboxylic acid groups (broad SMARTS) is 1. The number of carbonyl (C=O) groups is 1. The minimum absolute atomic E-state index is 0.00185. The molecule has 0 amide bonds. The number of carboxylic acids is 1. The molecule has 6 heteroatoms. The molecule has 0 radical (unpaired) electrons. The second-order valence-electron chi connectivity index (χ2n) is 5.47. The van der Waals surface area contributed by atoms with E-state index in [1.165, 1.54) is 6.33 Å². The number of benzene rings is 1. The Morgan fingerprint density at radius 3 is 2.84 bits per heavy atom. The van der Waals surface area contributed by atoms with Crippen LogP contribution in [0.2, 0.25) is 0 Å². The van der Waals surface area contributed by atoms with Crippen molar-refractivity contribution in [3.05, 3.63) is 77.1 Å². The number of fused-ring (bicyclic) bond motifs is 3. The molecular weight excluding hydrogens is 316 g/mol. The van der Waals surface area contributed by atoms with Crippen LogP contribution in [0.5, 0.6) is 0 Å². The zero-order valence-corrected chi connectivity index (χ0v) is 13.0. The highest BCUT2D eigenvalue weighted by Gasteiger charge is 2.24. The number of imidazole rings is 1. The summed E-state index contributed by atoms with van der Waals surface area (Å²) < 4.78 is 1.75. The number of aromatic carboxylic acids is 1. The van der Waals surface area contributed by atoms with Gasteiger partial charge in [-0.15, -0.1) is 6.42 Å². The van der Waals surface area contributed by atoms with Crippen molar-refractivity contribution < 1.29 is 9.90 Å². The third-order valence-electron chi connectivity index (χ3n) is 4.04. The standard InChI is InChI=1S/C19H12N4O2/c1-2-12-6-7-15-13(9-12)17(14-5-3-4-8-20-14)21-10-16-18(19(24)25)22-11-23(15)16/h1,3-9,11H,10H2,(H,24,25). The Labute approximate surface area is 143 Å². The molecule has 0 spiro atoms. The van der Waals surface area contributed by atoms with Crippen molar-refractivity contribution in [1.82, 2.24) is 14.5 Å². The molecule has 1 aliphatic heterocycles. The summed E-state index contributed by atoms with van der Waals surface area (Å²) in [5.74, 6) is 1.55. The van der Waals surface area contributed by atoms with Gasteiger partial charge in [-0.25, -0.2) is 9.78 Å². The summed E-state index contributed by atoms with van der Waals surface area (Å²) >= 11 is 0. The highest BCUT2D eigenvalue weighted by atomic mass is 16.4. The maximum absolute atomic E-state index is 11.4. The van der Waals surface area contributed by atoms with Crippen molar-refractivity contribution in [2.24, 2.45) is 4.99 Å². The van der Waals surface area contributed by atoms with E-state index < -0.39 is 5.97 Å². The van der Waals surface area contributed by atoms with Gasteiger partial charge in [0.1, 0.15) is 6.33 Å². The Kier molecular flexibility index (Phi) is 3.40. The molecule has 25 heavy (non-hydrogen) atoms. The Hall–Kier alpha value is -3.72. The fourth-order valence-electron chi connectivity index (χ4n) is 2.90. The number of aliphatic imine (C=N–C) groups is 1. The van der Waals surface area contributed by atoms with Gasteiger partial charge in [0.25, 0.3) is 0 Å². The monoisotopic (exact) mass is 328 g/mol. The fraction of sp³-hybridized carbons (Fsp3) is 0.0526. The molecule has 3 heterocycles. The van der Waals surface area contributed by atoms with Crippen LogP contribution in [0.3, 0.4) is 0 Å². The van der Waals surface area contributed by atoms with Gasteiger partial charge in [-0.05, 0) is 30.3 Å². The summed E-state index contributed by atoms with van der Waals surface area (Å²) in [7, 11) is 0. The lowest BCUT2D eigenvalue weighted by Crippen LogP contribution is -2.09. The maximum atomic E-state index is 11.4.